The van der Waals surface area contributed by atoms with Crippen molar-refractivity contribution in [2.45, 2.75) is 38.0 Å². The highest BCUT2D eigenvalue weighted by molar-refractivity contribution is 7.89. The first kappa shape index (κ1) is 20.4. The summed E-state index contributed by atoms with van der Waals surface area (Å²) in [4.78, 5) is 12.5. The highest BCUT2D eigenvalue weighted by Crippen LogP contribution is 2.26. The number of anilines is 2. The van der Waals surface area contributed by atoms with Crippen molar-refractivity contribution in [3.05, 3.63) is 53.6 Å². The largest absolute Gasteiger partial charge is 0.376 e. The highest BCUT2D eigenvalue weighted by Gasteiger charge is 2.27. The maximum Gasteiger partial charge on any atom is 0.243 e. The molecule has 0 aromatic heterocycles. The number of aryl methyl sites for hydroxylation is 2. The lowest BCUT2D eigenvalue weighted by molar-refractivity contribution is -0.114. The molecular weight excluding hydrogens is 374 g/mol. The molecule has 6 nitrogen and oxygen atoms in total. The molecule has 1 saturated heterocycles. The van der Waals surface area contributed by atoms with Crippen molar-refractivity contribution in [1.29, 1.82) is 0 Å². The third-order valence-electron chi connectivity index (χ3n) is 4.91. The van der Waals surface area contributed by atoms with Crippen LogP contribution in [0.25, 0.3) is 0 Å². The van der Waals surface area contributed by atoms with Gasteiger partial charge in [-0.1, -0.05) is 30.2 Å². The topological polar surface area (TPSA) is 78.5 Å². The van der Waals surface area contributed by atoms with E-state index < -0.39 is 10.0 Å². The van der Waals surface area contributed by atoms with Crippen molar-refractivity contribution < 1.29 is 13.2 Å². The lowest BCUT2D eigenvalue weighted by Gasteiger charge is -2.26. The number of sulfonamides is 1. The van der Waals surface area contributed by atoms with Gasteiger partial charge in [-0.15, -0.1) is 0 Å². The number of nitrogens with zero attached hydrogens (tertiary/aromatic N) is 1. The van der Waals surface area contributed by atoms with Crippen molar-refractivity contribution >= 4 is 27.3 Å². The third kappa shape index (κ3) is 4.91. The smallest absolute Gasteiger partial charge is 0.243 e. The first-order valence-corrected chi connectivity index (χ1v) is 11.0. The van der Waals surface area contributed by atoms with Crippen LogP contribution in [0.2, 0.25) is 0 Å². The van der Waals surface area contributed by atoms with E-state index in [0.717, 1.165) is 30.5 Å². The van der Waals surface area contributed by atoms with E-state index in [1.807, 2.05) is 31.2 Å². The van der Waals surface area contributed by atoms with Crippen molar-refractivity contribution in [3.63, 3.8) is 0 Å². The number of nitrogens with one attached hydrogen (secondary N) is 2. The minimum atomic E-state index is -3.51. The van der Waals surface area contributed by atoms with Crippen LogP contribution in [0.4, 0.5) is 11.4 Å². The van der Waals surface area contributed by atoms with Crippen LogP contribution in [0, 0.1) is 13.8 Å². The maximum absolute atomic E-state index is 13.0. The van der Waals surface area contributed by atoms with Crippen molar-refractivity contribution in [2.75, 3.05) is 30.3 Å². The molecule has 1 amide bonds. The summed E-state index contributed by atoms with van der Waals surface area (Å²) >= 11 is 0. The van der Waals surface area contributed by atoms with Crippen molar-refractivity contribution in [2.24, 2.45) is 0 Å². The SMILES string of the molecule is Cc1ccc(NC(=O)CNc2ccc(C)c(S(=O)(=O)N3CCCCC3)c2)cc1. The Hall–Kier alpha value is -2.38. The summed E-state index contributed by atoms with van der Waals surface area (Å²) in [6.07, 6.45) is 2.87. The van der Waals surface area contributed by atoms with Crippen LogP contribution in [0.5, 0.6) is 0 Å². The fourth-order valence-corrected chi connectivity index (χ4v) is 5.02. The number of carbonyl (C=O) groups is 1. The molecule has 0 aliphatic carbocycles. The van der Waals surface area contributed by atoms with Crippen molar-refractivity contribution in [1.82, 2.24) is 4.31 Å². The number of hydrogen-bond acceptors (Lipinski definition) is 4. The second-order valence-electron chi connectivity index (χ2n) is 7.21. The number of rotatable bonds is 6. The van der Waals surface area contributed by atoms with Gasteiger partial charge in [0, 0.05) is 24.5 Å². The van der Waals surface area contributed by atoms with E-state index >= 15 is 0 Å². The minimum Gasteiger partial charge on any atom is -0.376 e. The molecule has 0 saturated carbocycles. The van der Waals surface area contributed by atoms with Gasteiger partial charge in [-0.3, -0.25) is 4.79 Å². The first-order chi connectivity index (χ1) is 13.4. The summed E-state index contributed by atoms with van der Waals surface area (Å²) in [7, 11) is -3.51. The van der Waals surface area contributed by atoms with Crippen LogP contribution in [-0.2, 0) is 14.8 Å². The van der Waals surface area contributed by atoms with E-state index in [4.69, 9.17) is 0 Å². The summed E-state index contributed by atoms with van der Waals surface area (Å²) in [5.41, 5.74) is 3.17. The fraction of sp³-hybridized carbons (Fsp3) is 0.381. The summed E-state index contributed by atoms with van der Waals surface area (Å²) in [6, 6.07) is 12.8. The molecular formula is C21H27N3O3S. The summed E-state index contributed by atoms with van der Waals surface area (Å²) < 4.78 is 27.5. The van der Waals surface area contributed by atoms with Gasteiger partial charge in [0.05, 0.1) is 11.4 Å². The van der Waals surface area contributed by atoms with Crippen molar-refractivity contribution in [3.8, 4) is 0 Å². The Kier molecular flexibility index (Phi) is 6.36. The third-order valence-corrected chi connectivity index (χ3v) is 6.95. The maximum atomic E-state index is 13.0. The number of benzene rings is 2. The molecule has 1 heterocycles. The summed E-state index contributed by atoms with van der Waals surface area (Å²) in [5, 5.41) is 5.84. The Morgan fingerprint density at radius 3 is 2.29 bits per heavy atom. The molecule has 150 valence electrons. The van der Waals surface area contributed by atoms with Gasteiger partial charge >= 0.3 is 0 Å². The predicted molar refractivity (Wildman–Crippen MR) is 112 cm³/mol. The molecule has 0 spiro atoms. The van der Waals surface area contributed by atoms with Crippen LogP contribution in [0.3, 0.4) is 0 Å². The Morgan fingerprint density at radius 2 is 1.61 bits per heavy atom. The van der Waals surface area contributed by atoms with E-state index in [1.54, 1.807) is 29.4 Å². The zero-order valence-corrected chi connectivity index (χ0v) is 17.2. The Labute approximate surface area is 167 Å². The second-order valence-corrected chi connectivity index (χ2v) is 9.12. The number of piperidine rings is 1. The normalized spacial score (nSPS) is 15.2. The molecule has 2 N–H and O–H groups in total. The Morgan fingerprint density at radius 1 is 0.964 bits per heavy atom. The molecule has 1 fully saturated rings. The van der Waals surface area contributed by atoms with Gasteiger partial charge in [0.1, 0.15) is 0 Å². The number of hydrogen-bond donors (Lipinski definition) is 2. The van der Waals surface area contributed by atoms with Gasteiger partial charge in [-0.25, -0.2) is 8.42 Å². The predicted octanol–water partition coefficient (Wildman–Crippen LogP) is 3.53. The van der Waals surface area contributed by atoms with Crippen LogP contribution >= 0.6 is 0 Å². The monoisotopic (exact) mass is 401 g/mol. The molecule has 0 unspecified atom stereocenters. The quantitative estimate of drug-likeness (QED) is 0.776. The van der Waals surface area contributed by atoms with Crippen LogP contribution in [-0.4, -0.2) is 38.3 Å². The average Bonchev–Trinajstić information content (AvgIpc) is 2.69. The minimum absolute atomic E-state index is 0.0557. The summed E-state index contributed by atoms with van der Waals surface area (Å²) in [6.45, 7) is 4.97. The fourth-order valence-electron chi connectivity index (χ4n) is 3.26. The highest BCUT2D eigenvalue weighted by atomic mass is 32.2. The molecule has 0 atom stereocenters. The van der Waals surface area contributed by atoms with Gasteiger partial charge < -0.3 is 10.6 Å². The standard InChI is InChI=1S/C21H27N3O3S/c1-16-6-9-18(10-7-16)23-21(25)15-22-19-11-8-17(2)20(14-19)28(26,27)24-12-4-3-5-13-24/h6-11,14,22H,3-5,12-13,15H2,1-2H3,(H,23,25). The zero-order valence-electron chi connectivity index (χ0n) is 16.4. The Balaban J connectivity index is 1.67. The lowest BCUT2D eigenvalue weighted by Crippen LogP contribution is -2.36. The molecule has 1 aliphatic heterocycles. The molecule has 28 heavy (non-hydrogen) atoms. The molecule has 2 aromatic rings. The van der Waals surface area contributed by atoms with Crippen LogP contribution in [0.15, 0.2) is 47.4 Å². The van der Waals surface area contributed by atoms with Gasteiger partial charge in [0.2, 0.25) is 15.9 Å². The Bertz CT molecular complexity index is 934. The van der Waals surface area contributed by atoms with Gasteiger partial charge in [0.15, 0.2) is 0 Å². The molecule has 1 aliphatic rings. The molecule has 2 aromatic carbocycles. The molecule has 3 rings (SSSR count). The van der Waals surface area contributed by atoms with Gasteiger partial charge in [-0.2, -0.15) is 4.31 Å². The molecule has 7 heteroatoms. The summed E-state index contributed by atoms with van der Waals surface area (Å²) in [5.74, 6) is -0.190. The lowest BCUT2D eigenvalue weighted by atomic mass is 10.2. The van der Waals surface area contributed by atoms with Gasteiger partial charge in [-0.05, 0) is 56.5 Å². The second kappa shape index (κ2) is 8.75. The van der Waals surface area contributed by atoms with E-state index in [9.17, 15) is 13.2 Å². The van der Waals surface area contributed by atoms with Crippen LogP contribution in [0.1, 0.15) is 30.4 Å². The van der Waals surface area contributed by atoms with E-state index in [2.05, 4.69) is 10.6 Å². The average molecular weight is 402 g/mol. The van der Waals surface area contributed by atoms with E-state index in [0.29, 0.717) is 29.2 Å². The van der Waals surface area contributed by atoms with E-state index in [1.165, 1.54) is 0 Å². The first-order valence-electron chi connectivity index (χ1n) is 9.57. The molecule has 0 radical (unpaired) electrons. The van der Waals surface area contributed by atoms with E-state index in [-0.39, 0.29) is 12.5 Å². The zero-order chi connectivity index (χ0) is 20.1. The van der Waals surface area contributed by atoms with Gasteiger partial charge in [0.25, 0.3) is 0 Å². The van der Waals surface area contributed by atoms with Crippen LogP contribution < -0.4 is 10.6 Å². The number of amides is 1. The number of carbonyl (C=O) groups excluding carboxylic acids is 1. The molecule has 0 bridgehead atoms.